The fourth-order valence-corrected chi connectivity index (χ4v) is 2.96. The van der Waals surface area contributed by atoms with Gasteiger partial charge in [0.05, 0.1) is 0 Å². The summed E-state index contributed by atoms with van der Waals surface area (Å²) in [4.78, 5) is 0. The van der Waals surface area contributed by atoms with Crippen LogP contribution >= 0.6 is 0 Å². The molecule has 0 saturated heterocycles. The molecule has 0 heterocycles. The zero-order chi connectivity index (χ0) is 42.7. The summed E-state index contributed by atoms with van der Waals surface area (Å²) in [5.74, 6) is 2.28. The Balaban J connectivity index is -0.0000000752. The fourth-order valence-electron chi connectivity index (χ4n) is 2.96. The van der Waals surface area contributed by atoms with E-state index in [4.69, 9.17) is 25.5 Å². The SMILES string of the molecule is C.CC.CC.CC.CC.CC.CC(C)c1ccccc1.CC(C)c1ccccc1.CO.CO.Oc1ccccc1.Oc1ccccc1.Oc1ccccc1. The summed E-state index contributed by atoms with van der Waals surface area (Å²) in [6.07, 6.45) is 0. The standard InChI is InChI=1S/2C9H12.3C6H6O.5C2H6.2CH4O.CH4/c2*1-8(2)9-6-4-3-5-7-9;3*7-6-4-2-1-3-5-6;7*1-2;/h2*3-8H,1-2H3;3*1-5,7H;5*1-2H3;2*2H,1H3;1H4. The Bertz CT molecular complexity index is 1070. The molecule has 0 bridgehead atoms. The Morgan fingerprint density at radius 1 is 0.278 bits per heavy atom. The summed E-state index contributed by atoms with van der Waals surface area (Å²) in [6, 6.07) is 47.2. The zero-order valence-electron chi connectivity index (χ0n) is 36.3. The van der Waals surface area contributed by atoms with Gasteiger partial charge in [-0.05, 0) is 59.4 Å². The molecule has 5 nitrogen and oxygen atoms in total. The Kier molecular flexibility index (Phi) is 79.4. The quantitative estimate of drug-likeness (QED) is 0.124. The molecule has 310 valence electrons. The maximum absolute atomic E-state index is 8.63. The Labute approximate surface area is 335 Å². The molecule has 0 fully saturated rings. The Morgan fingerprint density at radius 3 is 0.481 bits per heavy atom. The summed E-state index contributed by atoms with van der Waals surface area (Å²) >= 11 is 0. The van der Waals surface area contributed by atoms with Gasteiger partial charge in [-0.25, -0.2) is 0 Å². The van der Waals surface area contributed by atoms with Crippen LogP contribution < -0.4 is 0 Å². The largest absolute Gasteiger partial charge is 0.508 e. The number of aromatic hydroxyl groups is 3. The molecule has 0 radical (unpaired) electrons. The number of aliphatic hydroxyl groups is 2. The molecule has 0 atom stereocenters. The van der Waals surface area contributed by atoms with E-state index in [2.05, 4.69) is 76.2 Å². The molecule has 5 rings (SSSR count). The third-order valence-electron chi connectivity index (χ3n) is 5.20. The summed E-state index contributed by atoms with van der Waals surface area (Å²) in [5, 5.41) is 39.9. The van der Waals surface area contributed by atoms with Crippen LogP contribution in [0.25, 0.3) is 0 Å². The summed E-state index contributed by atoms with van der Waals surface area (Å²) in [7, 11) is 2.00. The van der Waals surface area contributed by atoms with Gasteiger partial charge in [0, 0.05) is 14.2 Å². The van der Waals surface area contributed by atoms with E-state index in [9.17, 15) is 0 Å². The molecule has 0 unspecified atom stereocenters. The van der Waals surface area contributed by atoms with Crippen molar-refractivity contribution in [2.24, 2.45) is 0 Å². The summed E-state index contributed by atoms with van der Waals surface area (Å²) in [5.41, 5.74) is 2.83. The van der Waals surface area contributed by atoms with E-state index in [1.54, 1.807) is 72.8 Å². The number of aliphatic hydroxyl groups excluding tert-OH is 2. The summed E-state index contributed by atoms with van der Waals surface area (Å²) in [6.45, 7) is 28.8. The van der Waals surface area contributed by atoms with Crippen LogP contribution in [-0.2, 0) is 0 Å². The van der Waals surface area contributed by atoms with E-state index in [0.29, 0.717) is 29.1 Å². The van der Waals surface area contributed by atoms with Gasteiger partial charge in [-0.2, -0.15) is 0 Å². The predicted molar refractivity (Wildman–Crippen MR) is 245 cm³/mol. The average molecular weight is 753 g/mol. The highest BCUT2D eigenvalue weighted by molar-refractivity contribution is 5.20. The lowest BCUT2D eigenvalue weighted by Gasteiger charge is -2.01. The molecule has 0 aliphatic rings. The van der Waals surface area contributed by atoms with Crippen molar-refractivity contribution in [1.82, 2.24) is 0 Å². The van der Waals surface area contributed by atoms with Crippen molar-refractivity contribution in [3.05, 3.63) is 163 Å². The van der Waals surface area contributed by atoms with Gasteiger partial charge in [0.2, 0.25) is 0 Å². The van der Waals surface area contributed by atoms with Gasteiger partial charge < -0.3 is 25.5 Å². The van der Waals surface area contributed by atoms with E-state index >= 15 is 0 Å². The smallest absolute Gasteiger partial charge is 0.115 e. The lowest BCUT2D eigenvalue weighted by atomic mass is 10.0. The highest BCUT2D eigenvalue weighted by Gasteiger charge is 1.94. The van der Waals surface area contributed by atoms with Gasteiger partial charge in [-0.1, -0.05) is 220 Å². The van der Waals surface area contributed by atoms with Gasteiger partial charge in [-0.15, -0.1) is 0 Å². The first-order valence-corrected chi connectivity index (χ1v) is 19.0. The van der Waals surface area contributed by atoms with Crippen molar-refractivity contribution in [3.8, 4) is 17.2 Å². The Hall–Kier alpha value is -4.58. The predicted octanol–water partition coefficient (Wildman–Crippen LogP) is 14.8. The second-order valence-electron chi connectivity index (χ2n) is 9.14. The number of phenols is 3. The van der Waals surface area contributed by atoms with Gasteiger partial charge in [-0.3, -0.25) is 0 Å². The van der Waals surface area contributed by atoms with E-state index < -0.39 is 0 Å². The third kappa shape index (κ3) is 54.2. The monoisotopic (exact) mass is 753 g/mol. The molecule has 0 spiro atoms. The van der Waals surface area contributed by atoms with Crippen molar-refractivity contribution in [3.63, 3.8) is 0 Å². The highest BCUT2D eigenvalue weighted by atomic mass is 16.3. The van der Waals surface area contributed by atoms with Gasteiger partial charge in [0.1, 0.15) is 17.2 Å². The van der Waals surface area contributed by atoms with Gasteiger partial charge in [0.25, 0.3) is 0 Å². The minimum Gasteiger partial charge on any atom is -0.508 e. The number of rotatable bonds is 2. The topological polar surface area (TPSA) is 101 Å². The molecule has 0 aliphatic carbocycles. The molecule has 5 aromatic rings. The van der Waals surface area contributed by atoms with Crippen LogP contribution in [0.4, 0.5) is 0 Å². The van der Waals surface area contributed by atoms with Crippen molar-refractivity contribution in [2.45, 2.75) is 116 Å². The normalized spacial score (nSPS) is 7.48. The molecule has 5 heteroatoms. The van der Waals surface area contributed by atoms with E-state index in [0.717, 1.165) is 14.2 Å². The molecular weight excluding hydrogens is 669 g/mol. The molecule has 5 aromatic carbocycles. The number of phenolic OH excluding ortho intramolecular Hbond substituents is 3. The maximum atomic E-state index is 8.63. The molecule has 0 amide bonds. The van der Waals surface area contributed by atoms with Crippen LogP contribution in [-0.4, -0.2) is 39.8 Å². The van der Waals surface area contributed by atoms with Crippen molar-refractivity contribution in [2.75, 3.05) is 14.2 Å². The second kappa shape index (κ2) is 63.5. The third-order valence-corrected chi connectivity index (χ3v) is 5.20. The summed E-state index contributed by atoms with van der Waals surface area (Å²) < 4.78 is 0. The number of hydrogen-bond acceptors (Lipinski definition) is 5. The van der Waals surface area contributed by atoms with E-state index in [1.807, 2.05) is 99.6 Å². The van der Waals surface area contributed by atoms with Crippen LogP contribution in [0.15, 0.2) is 152 Å². The van der Waals surface area contributed by atoms with Crippen LogP contribution in [0, 0.1) is 0 Å². The zero-order valence-corrected chi connectivity index (χ0v) is 36.3. The number of benzene rings is 5. The van der Waals surface area contributed by atoms with Gasteiger partial charge in [0.15, 0.2) is 0 Å². The van der Waals surface area contributed by atoms with Crippen LogP contribution in [0.1, 0.15) is 127 Å². The lowest BCUT2D eigenvalue weighted by molar-refractivity contribution is 0.399. The molecular formula is C49H84O5. The fraction of sp³-hybridized carbons (Fsp3) is 0.388. The van der Waals surface area contributed by atoms with Crippen LogP contribution in [0.2, 0.25) is 0 Å². The number of hydrogen-bond donors (Lipinski definition) is 5. The van der Waals surface area contributed by atoms with E-state index in [1.165, 1.54) is 11.1 Å². The molecule has 0 aliphatic heterocycles. The molecule has 0 aromatic heterocycles. The highest BCUT2D eigenvalue weighted by Crippen LogP contribution is 2.12. The average Bonchev–Trinajstić information content (AvgIpc) is 3.25. The van der Waals surface area contributed by atoms with Crippen LogP contribution in [0.5, 0.6) is 17.2 Å². The minimum absolute atomic E-state index is 0. The molecule has 5 N–H and O–H groups in total. The number of para-hydroxylation sites is 3. The first-order valence-electron chi connectivity index (χ1n) is 19.0. The van der Waals surface area contributed by atoms with E-state index in [-0.39, 0.29) is 7.43 Å². The molecule has 0 saturated carbocycles. The van der Waals surface area contributed by atoms with Crippen molar-refractivity contribution >= 4 is 0 Å². The maximum Gasteiger partial charge on any atom is 0.115 e. The Morgan fingerprint density at radius 2 is 0.407 bits per heavy atom. The lowest BCUT2D eigenvalue weighted by Crippen LogP contribution is -1.83. The van der Waals surface area contributed by atoms with Crippen LogP contribution in [0.3, 0.4) is 0 Å². The van der Waals surface area contributed by atoms with Crippen molar-refractivity contribution in [1.29, 1.82) is 0 Å². The first-order chi connectivity index (χ1) is 25.8. The minimum atomic E-state index is 0. The molecule has 54 heavy (non-hydrogen) atoms. The first kappa shape index (κ1) is 67.5. The van der Waals surface area contributed by atoms with Crippen molar-refractivity contribution < 1.29 is 25.5 Å². The second-order valence-corrected chi connectivity index (χ2v) is 9.14. The van der Waals surface area contributed by atoms with Gasteiger partial charge >= 0.3 is 0 Å².